The Bertz CT molecular complexity index is 4230. The van der Waals surface area contributed by atoms with E-state index in [1.807, 2.05) is 56.6 Å². The third-order valence-corrected chi connectivity index (χ3v) is 21.2. The molecule has 7 atom stereocenters. The average molecular weight is 1640 g/mol. The molecule has 13 rings (SSSR count). The van der Waals surface area contributed by atoms with Gasteiger partial charge in [-0.15, -0.1) is 32.1 Å². The van der Waals surface area contributed by atoms with Crippen molar-refractivity contribution in [2.75, 3.05) is 100 Å². The fourth-order valence-electron chi connectivity index (χ4n) is 13.1. The number of nitrogens with zero attached hydrogens (tertiary/aromatic N) is 5. The van der Waals surface area contributed by atoms with Gasteiger partial charge in [0.2, 0.25) is 0 Å². The van der Waals surface area contributed by atoms with Crippen LogP contribution in [-0.2, 0) is 32.2 Å². The van der Waals surface area contributed by atoms with Gasteiger partial charge in [0, 0.05) is 83.8 Å². The number of hydrogen-bond acceptors (Lipinski definition) is 10. The molecule has 4 aliphatic rings. The van der Waals surface area contributed by atoms with Crippen LogP contribution >= 0.6 is 34.8 Å². The summed E-state index contributed by atoms with van der Waals surface area (Å²) >= 11 is 17.5. The fourth-order valence-corrected chi connectivity index (χ4v) is 13.6. The number of halogens is 3. The van der Waals surface area contributed by atoms with Crippen molar-refractivity contribution in [3.05, 3.63) is 314 Å². The second-order valence-electron chi connectivity index (χ2n) is 30.4. The van der Waals surface area contributed by atoms with Crippen LogP contribution in [0.5, 0.6) is 5.75 Å². The zero-order chi connectivity index (χ0) is 85.3. The lowest BCUT2D eigenvalue weighted by Gasteiger charge is -2.26. The van der Waals surface area contributed by atoms with E-state index in [2.05, 4.69) is 263 Å². The number of nitrogens with one attached hydrogen (secondary N) is 2. The van der Waals surface area contributed by atoms with Crippen LogP contribution in [0, 0.1) is 61.7 Å². The van der Waals surface area contributed by atoms with E-state index in [1.165, 1.54) is 109 Å². The normalized spacial score (nSPS) is 16.0. The largest absolute Gasteiger partial charge is 0.492 e. The van der Waals surface area contributed by atoms with Crippen molar-refractivity contribution < 1.29 is 9.53 Å². The number of nitrogens with two attached hydrogens (primary N) is 2. The number of terminal acetylenes is 5. The Morgan fingerprint density at radius 3 is 1.45 bits per heavy atom. The number of amides is 1. The summed E-state index contributed by atoms with van der Waals surface area (Å²) in [6.45, 7) is 16.5. The molecule has 14 heteroatoms. The van der Waals surface area contributed by atoms with Gasteiger partial charge in [-0.1, -0.05) is 290 Å². The fraction of sp³-hybridized carbons (Fsp3) is 0.375. The first-order valence-corrected chi connectivity index (χ1v) is 42.8. The van der Waals surface area contributed by atoms with Crippen LogP contribution in [0.4, 0.5) is 0 Å². The summed E-state index contributed by atoms with van der Waals surface area (Å²) in [5, 5.41) is 8.09. The molecule has 2 saturated carbocycles. The number of likely N-dealkylation sites (N-methyl/N-ethyl adjacent to an activating group) is 2. The number of carbonyl (C=O) groups excluding carboxylic acids is 1. The minimum absolute atomic E-state index is 0.0244. The molecular formula is C104H130Cl3N9O2. The van der Waals surface area contributed by atoms with Crippen molar-refractivity contribution in [3.63, 3.8) is 0 Å². The summed E-state index contributed by atoms with van der Waals surface area (Å²) in [6.07, 6.45) is 41.6. The van der Waals surface area contributed by atoms with E-state index < -0.39 is 0 Å². The molecule has 1 aliphatic heterocycles. The van der Waals surface area contributed by atoms with Gasteiger partial charge in [-0.25, -0.2) is 0 Å². The second-order valence-corrected chi connectivity index (χ2v) is 31.6. The SMILES string of the molecule is C#CCN(C)CCCOc1ccc(Cl)cc1Cl.C#CCN(C)Cc1ccccc1.C#CCN(C)[C@@H](C)Cc1ccccc1.C#CCN(C)[C@H](C)Cc1ccccc1.C#CCN[C@@H]1CCc2ccccc21.CCCCc1ccccc1.N[C@@H]1C[C@H]1c1ccccc1.N[C@H]1C[C@@H]1c1ccccc1.O=C(NCCN1CCCCC1)c1ccc(Cl)cc1. The van der Waals surface area contributed by atoms with Crippen LogP contribution in [0.1, 0.15) is 151 Å². The van der Waals surface area contributed by atoms with Gasteiger partial charge in [0.25, 0.3) is 5.91 Å². The molecule has 0 unspecified atom stereocenters. The number of unbranched alkanes of at least 4 members (excludes halogenated alkanes) is 1. The zero-order valence-electron chi connectivity index (χ0n) is 71.1. The lowest BCUT2D eigenvalue weighted by Crippen LogP contribution is -2.37. The molecule has 11 nitrogen and oxygen atoms in total. The third-order valence-electron chi connectivity index (χ3n) is 20.4. The lowest BCUT2D eigenvalue weighted by atomic mass is 10.1. The van der Waals surface area contributed by atoms with Gasteiger partial charge in [0.15, 0.2) is 0 Å². The van der Waals surface area contributed by atoms with E-state index in [4.69, 9.17) is 83.1 Å². The minimum Gasteiger partial charge on any atom is -0.492 e. The molecule has 0 bridgehead atoms. The number of fused-ring (bicyclic) bond motifs is 1. The first-order valence-electron chi connectivity index (χ1n) is 41.7. The van der Waals surface area contributed by atoms with Crippen LogP contribution in [-0.4, -0.2) is 155 Å². The molecule has 9 aromatic rings. The lowest BCUT2D eigenvalue weighted by molar-refractivity contribution is 0.0946. The molecule has 3 fully saturated rings. The Hall–Kier alpha value is -9.40. The Morgan fingerprint density at radius 2 is 0.983 bits per heavy atom. The highest BCUT2D eigenvalue weighted by molar-refractivity contribution is 6.35. The molecule has 1 amide bonds. The number of carbonyl (C=O) groups is 1. The van der Waals surface area contributed by atoms with Gasteiger partial charge in [0.1, 0.15) is 5.75 Å². The van der Waals surface area contributed by atoms with Gasteiger partial charge in [0.05, 0.1) is 44.4 Å². The number of likely N-dealkylation sites (tertiary alicyclic amines) is 1. The van der Waals surface area contributed by atoms with E-state index in [0.717, 1.165) is 52.0 Å². The maximum absolute atomic E-state index is 11.8. The Balaban J connectivity index is 0.000000238. The topological polar surface area (TPSA) is 119 Å². The standard InChI is InChI=1S/C14H19ClN2O.C13H15Cl2NO.2C13H17N.C12H13N.C11H13N.C10H14.2C9H11N/c15-13-6-4-12(5-7-13)14(18)16-8-11-17-9-2-1-3-10-17;1-3-7-16(2)8-4-9-17-13-6-5-11(14)10-12(13)15;2*1-4-10-14(3)12(2)11-13-8-6-5-7-9-13;1-2-9-13-12-8-7-10-5-3-4-6-11(10)12;1-3-9-12(2)10-11-7-5-4-6-8-11;1-2-3-7-10-8-5-4-6-9-10;2*10-9-6-8(9)7-4-2-1-3-5-7/h4-7H,1-3,8-11H2,(H,16,18);1,5-6,10H,4,7-9H2,2H3;2*1,5-9,12H,10-11H2,2-3H3;1,3-6,12-13H,7-9H2;1,4-8H,9-10H2,2H3;4-6,8-9H,2-3,7H2,1H3;2*1-5,8-9H,6,10H2/t;;3*12-;;;2*8-,9+/m..101..10/s1. The number of benzene rings is 9. The molecule has 0 radical (unpaired) electrons. The third kappa shape index (κ3) is 42.8. The van der Waals surface area contributed by atoms with Crippen molar-refractivity contribution in [2.45, 2.75) is 153 Å². The van der Waals surface area contributed by atoms with E-state index in [9.17, 15) is 4.79 Å². The average Bonchev–Trinajstić information content (AvgIpc) is 1.58. The molecule has 624 valence electrons. The number of ether oxygens (including phenoxy) is 1. The number of aryl methyl sites for hydroxylation is 2. The monoisotopic (exact) mass is 1640 g/mol. The van der Waals surface area contributed by atoms with Crippen LogP contribution in [0.25, 0.3) is 0 Å². The first kappa shape index (κ1) is 99.2. The Labute approximate surface area is 726 Å². The molecule has 0 aromatic heterocycles. The molecule has 1 saturated heterocycles. The van der Waals surface area contributed by atoms with Gasteiger partial charge in [-0.3, -0.25) is 29.7 Å². The predicted octanol–water partition coefficient (Wildman–Crippen LogP) is 19.9. The quantitative estimate of drug-likeness (QED) is 0.0279. The van der Waals surface area contributed by atoms with Crippen molar-refractivity contribution in [2.24, 2.45) is 11.5 Å². The van der Waals surface area contributed by atoms with Crippen LogP contribution in [0.3, 0.4) is 0 Å². The summed E-state index contributed by atoms with van der Waals surface area (Å²) in [7, 11) is 8.13. The van der Waals surface area contributed by atoms with Gasteiger partial charge in [-0.05, 0) is 213 Å². The predicted molar refractivity (Wildman–Crippen MR) is 504 cm³/mol. The Morgan fingerprint density at radius 1 is 0.534 bits per heavy atom. The van der Waals surface area contributed by atoms with Crippen LogP contribution < -0.4 is 26.8 Å². The molecule has 0 spiro atoms. The summed E-state index contributed by atoms with van der Waals surface area (Å²) < 4.78 is 5.55. The highest BCUT2D eigenvalue weighted by atomic mass is 35.5. The molecular weight excluding hydrogens is 1510 g/mol. The maximum Gasteiger partial charge on any atom is 0.251 e. The zero-order valence-corrected chi connectivity index (χ0v) is 73.4. The van der Waals surface area contributed by atoms with Gasteiger partial charge < -0.3 is 26.4 Å². The minimum atomic E-state index is -0.0244. The van der Waals surface area contributed by atoms with Crippen molar-refractivity contribution in [1.29, 1.82) is 0 Å². The summed E-state index contributed by atoms with van der Waals surface area (Å²) in [6, 6.07) is 86.0. The van der Waals surface area contributed by atoms with E-state index >= 15 is 0 Å². The molecule has 9 aromatic carbocycles. The smallest absolute Gasteiger partial charge is 0.251 e. The molecule has 1 heterocycles. The number of hydrogen-bond donors (Lipinski definition) is 4. The van der Waals surface area contributed by atoms with Crippen molar-refractivity contribution >= 4 is 40.7 Å². The van der Waals surface area contributed by atoms with Gasteiger partial charge in [-0.2, -0.15) is 0 Å². The summed E-state index contributed by atoms with van der Waals surface area (Å²) in [5.41, 5.74) is 23.2. The Kier molecular flexibility index (Phi) is 50.5. The number of rotatable bonds is 28. The van der Waals surface area contributed by atoms with Crippen molar-refractivity contribution in [3.8, 4) is 67.5 Å². The summed E-state index contributed by atoms with van der Waals surface area (Å²) in [5.74, 6) is 15.1. The molecule has 118 heavy (non-hydrogen) atoms. The number of piperidine rings is 1. The van der Waals surface area contributed by atoms with E-state index in [0.29, 0.717) is 114 Å². The van der Waals surface area contributed by atoms with Crippen LogP contribution in [0.15, 0.2) is 249 Å². The second kappa shape index (κ2) is 60.1. The molecule has 3 aliphatic carbocycles. The van der Waals surface area contributed by atoms with Crippen molar-refractivity contribution in [1.82, 2.24) is 35.1 Å². The van der Waals surface area contributed by atoms with Crippen LogP contribution in [0.2, 0.25) is 15.1 Å². The highest BCUT2D eigenvalue weighted by Gasteiger charge is 2.35. The highest BCUT2D eigenvalue weighted by Crippen LogP contribution is 2.39. The van der Waals surface area contributed by atoms with Gasteiger partial charge >= 0.3 is 0 Å². The summed E-state index contributed by atoms with van der Waals surface area (Å²) in [4.78, 5) is 22.8. The molecule has 6 N–H and O–H groups in total. The van der Waals surface area contributed by atoms with E-state index in [-0.39, 0.29) is 5.91 Å². The maximum atomic E-state index is 11.8. The first-order chi connectivity index (χ1) is 57.3. The van der Waals surface area contributed by atoms with E-state index in [1.54, 1.807) is 42.5 Å².